The molecule has 1 atom stereocenters. The molecule has 1 aromatic rings. The molecular weight excluding hydrogens is 222 g/mol. The first kappa shape index (κ1) is 13.3. The van der Waals surface area contributed by atoms with Crippen molar-refractivity contribution in [1.82, 2.24) is 15.1 Å². The number of carbonyl (C=O) groups excluding carboxylic acids is 1. The molecule has 0 saturated heterocycles. The maximum Gasteiger partial charge on any atom is 0.408 e. The maximum absolute atomic E-state index is 11.5. The number of aromatic hydroxyl groups is 1. The fourth-order valence-electron chi connectivity index (χ4n) is 1.35. The molecule has 1 unspecified atom stereocenters. The second-order valence-electron chi connectivity index (χ2n) is 4.94. The molecule has 1 aromatic heterocycles. The highest BCUT2D eigenvalue weighted by atomic mass is 16.6. The Bertz CT molecular complexity index is 407. The molecule has 0 aliphatic heterocycles. The van der Waals surface area contributed by atoms with Gasteiger partial charge in [-0.3, -0.25) is 4.68 Å². The molecule has 0 saturated carbocycles. The van der Waals surface area contributed by atoms with Gasteiger partial charge in [0.2, 0.25) is 0 Å². The minimum absolute atomic E-state index is 0.0519. The summed E-state index contributed by atoms with van der Waals surface area (Å²) in [6.07, 6.45) is 0.942. The van der Waals surface area contributed by atoms with Crippen molar-refractivity contribution < 1.29 is 14.6 Å². The molecule has 96 valence electrons. The number of hydrogen-bond donors (Lipinski definition) is 2. The van der Waals surface area contributed by atoms with Crippen LogP contribution in [0.3, 0.4) is 0 Å². The van der Waals surface area contributed by atoms with E-state index in [9.17, 15) is 9.90 Å². The molecule has 0 spiro atoms. The average molecular weight is 241 g/mol. The van der Waals surface area contributed by atoms with E-state index in [1.54, 1.807) is 34.7 Å². The lowest BCUT2D eigenvalue weighted by molar-refractivity contribution is 0.0506. The molecule has 6 heteroatoms. The Morgan fingerprint density at radius 1 is 1.59 bits per heavy atom. The number of rotatable bonds is 2. The van der Waals surface area contributed by atoms with Crippen LogP contribution in [0.1, 0.15) is 39.4 Å². The SMILES string of the molecule is CC(NC(=O)OC(C)(C)C)c1nn(C)cc1O. The molecule has 0 radical (unpaired) electrons. The largest absolute Gasteiger partial charge is 0.504 e. The second-order valence-corrected chi connectivity index (χ2v) is 4.94. The van der Waals surface area contributed by atoms with Crippen LogP contribution in [0.4, 0.5) is 4.79 Å². The van der Waals surface area contributed by atoms with Crippen LogP contribution in [-0.2, 0) is 11.8 Å². The predicted molar refractivity (Wildman–Crippen MR) is 62.7 cm³/mol. The average Bonchev–Trinajstić information content (AvgIpc) is 2.41. The number of amides is 1. The Kier molecular flexibility index (Phi) is 3.65. The van der Waals surface area contributed by atoms with Gasteiger partial charge in [-0.15, -0.1) is 0 Å². The monoisotopic (exact) mass is 241 g/mol. The van der Waals surface area contributed by atoms with Gasteiger partial charge in [-0.25, -0.2) is 4.79 Å². The van der Waals surface area contributed by atoms with Gasteiger partial charge in [-0.2, -0.15) is 5.10 Å². The first-order valence-electron chi connectivity index (χ1n) is 5.41. The fourth-order valence-corrected chi connectivity index (χ4v) is 1.35. The van der Waals surface area contributed by atoms with Gasteiger partial charge in [0.15, 0.2) is 5.75 Å². The molecule has 6 nitrogen and oxygen atoms in total. The molecule has 0 aliphatic rings. The summed E-state index contributed by atoms with van der Waals surface area (Å²) in [5, 5.41) is 16.2. The van der Waals surface area contributed by atoms with Crippen molar-refractivity contribution in [3.63, 3.8) is 0 Å². The van der Waals surface area contributed by atoms with Crippen molar-refractivity contribution in [2.45, 2.75) is 39.3 Å². The number of carbonyl (C=O) groups is 1. The summed E-state index contributed by atoms with van der Waals surface area (Å²) in [5.41, 5.74) is -0.131. The number of nitrogens with one attached hydrogen (secondary N) is 1. The van der Waals surface area contributed by atoms with E-state index < -0.39 is 17.7 Å². The third-order valence-electron chi connectivity index (χ3n) is 1.98. The van der Waals surface area contributed by atoms with E-state index in [0.29, 0.717) is 5.69 Å². The maximum atomic E-state index is 11.5. The minimum Gasteiger partial charge on any atom is -0.504 e. The number of aryl methyl sites for hydroxylation is 1. The molecule has 17 heavy (non-hydrogen) atoms. The Balaban J connectivity index is 2.64. The Morgan fingerprint density at radius 3 is 2.59 bits per heavy atom. The molecule has 0 aromatic carbocycles. The number of alkyl carbamates (subject to hydrolysis) is 1. The van der Waals surface area contributed by atoms with Crippen molar-refractivity contribution in [1.29, 1.82) is 0 Å². The Morgan fingerprint density at radius 2 is 2.18 bits per heavy atom. The van der Waals surface area contributed by atoms with Crippen molar-refractivity contribution in [2.75, 3.05) is 0 Å². The standard InChI is InChI=1S/C11H19N3O3/c1-7(9-8(15)6-14(5)13-9)12-10(16)17-11(2,3)4/h6-7,15H,1-5H3,(H,12,16). The molecule has 2 N–H and O–H groups in total. The molecule has 1 amide bonds. The van der Waals surface area contributed by atoms with Crippen molar-refractivity contribution in [3.8, 4) is 5.75 Å². The van der Waals surface area contributed by atoms with E-state index >= 15 is 0 Å². The molecule has 1 rings (SSSR count). The van der Waals surface area contributed by atoms with Gasteiger partial charge < -0.3 is 15.2 Å². The quantitative estimate of drug-likeness (QED) is 0.826. The van der Waals surface area contributed by atoms with Crippen LogP contribution in [0.5, 0.6) is 5.75 Å². The summed E-state index contributed by atoms with van der Waals surface area (Å²) in [7, 11) is 1.70. The predicted octanol–water partition coefficient (Wildman–Crippen LogP) is 1.71. The zero-order valence-corrected chi connectivity index (χ0v) is 10.8. The molecule has 0 fully saturated rings. The van der Waals surface area contributed by atoms with Crippen molar-refractivity contribution in [2.24, 2.45) is 7.05 Å². The van der Waals surface area contributed by atoms with Crippen LogP contribution in [0, 0.1) is 0 Å². The smallest absolute Gasteiger partial charge is 0.408 e. The van der Waals surface area contributed by atoms with Gasteiger partial charge in [-0.05, 0) is 27.7 Å². The van der Waals surface area contributed by atoms with Crippen LogP contribution >= 0.6 is 0 Å². The molecule has 0 bridgehead atoms. The lowest BCUT2D eigenvalue weighted by Gasteiger charge is -2.21. The van der Waals surface area contributed by atoms with Gasteiger partial charge >= 0.3 is 6.09 Å². The summed E-state index contributed by atoms with van der Waals surface area (Å²) < 4.78 is 6.59. The lowest BCUT2D eigenvalue weighted by atomic mass is 10.2. The van der Waals surface area contributed by atoms with E-state index in [4.69, 9.17) is 4.74 Å². The van der Waals surface area contributed by atoms with E-state index in [0.717, 1.165) is 0 Å². The van der Waals surface area contributed by atoms with E-state index in [1.807, 2.05) is 0 Å². The second kappa shape index (κ2) is 4.65. The third kappa shape index (κ3) is 3.97. The van der Waals surface area contributed by atoms with Gasteiger partial charge in [-0.1, -0.05) is 0 Å². The number of ether oxygens (including phenoxy) is 1. The Labute approximate surface area is 101 Å². The lowest BCUT2D eigenvalue weighted by Crippen LogP contribution is -2.34. The van der Waals surface area contributed by atoms with Crippen LogP contribution < -0.4 is 5.32 Å². The topological polar surface area (TPSA) is 76.4 Å². The molecular formula is C11H19N3O3. The minimum atomic E-state index is -0.546. The highest BCUT2D eigenvalue weighted by Crippen LogP contribution is 2.21. The van der Waals surface area contributed by atoms with E-state index in [-0.39, 0.29) is 5.75 Å². The summed E-state index contributed by atoms with van der Waals surface area (Å²) in [6, 6.07) is -0.411. The van der Waals surface area contributed by atoms with Crippen LogP contribution in [-0.4, -0.2) is 26.6 Å². The van der Waals surface area contributed by atoms with Gasteiger partial charge in [0.1, 0.15) is 11.3 Å². The normalized spacial score (nSPS) is 13.2. The summed E-state index contributed by atoms with van der Waals surface area (Å²) in [6.45, 7) is 7.09. The molecule has 1 heterocycles. The van der Waals surface area contributed by atoms with Crippen LogP contribution in [0.25, 0.3) is 0 Å². The van der Waals surface area contributed by atoms with Gasteiger partial charge in [0.25, 0.3) is 0 Å². The van der Waals surface area contributed by atoms with Crippen LogP contribution in [0.15, 0.2) is 6.20 Å². The van der Waals surface area contributed by atoms with Gasteiger partial charge in [0.05, 0.1) is 12.2 Å². The third-order valence-corrected chi connectivity index (χ3v) is 1.98. The first-order chi connectivity index (χ1) is 7.69. The first-order valence-corrected chi connectivity index (χ1v) is 5.41. The van der Waals surface area contributed by atoms with Crippen LogP contribution in [0.2, 0.25) is 0 Å². The van der Waals surface area contributed by atoms with E-state index in [2.05, 4.69) is 10.4 Å². The van der Waals surface area contributed by atoms with Crippen molar-refractivity contribution in [3.05, 3.63) is 11.9 Å². The zero-order chi connectivity index (χ0) is 13.2. The number of hydrogen-bond acceptors (Lipinski definition) is 4. The van der Waals surface area contributed by atoms with E-state index in [1.165, 1.54) is 10.9 Å². The zero-order valence-electron chi connectivity index (χ0n) is 10.8. The number of nitrogens with zero attached hydrogens (tertiary/aromatic N) is 2. The summed E-state index contributed by atoms with van der Waals surface area (Å²) in [5.74, 6) is 0.0519. The fraction of sp³-hybridized carbons (Fsp3) is 0.636. The molecule has 0 aliphatic carbocycles. The van der Waals surface area contributed by atoms with Gasteiger partial charge in [0, 0.05) is 7.05 Å². The van der Waals surface area contributed by atoms with Crippen molar-refractivity contribution >= 4 is 6.09 Å². The Hall–Kier alpha value is -1.72. The summed E-state index contributed by atoms with van der Waals surface area (Å²) in [4.78, 5) is 11.5. The number of aromatic nitrogens is 2. The summed E-state index contributed by atoms with van der Waals surface area (Å²) >= 11 is 0. The highest BCUT2D eigenvalue weighted by Gasteiger charge is 2.21. The highest BCUT2D eigenvalue weighted by molar-refractivity contribution is 5.68.